The molecule has 4 rings (SSSR count). The third-order valence-electron chi connectivity index (χ3n) is 5.28. The van der Waals surface area contributed by atoms with Crippen LogP contribution in [0.5, 0.6) is 5.75 Å². The van der Waals surface area contributed by atoms with Gasteiger partial charge in [-0.3, -0.25) is 4.79 Å². The zero-order chi connectivity index (χ0) is 20.4. The Morgan fingerprint density at radius 3 is 2.45 bits per heavy atom. The molecule has 0 bridgehead atoms. The largest absolute Gasteiger partial charge is 0.487 e. The summed E-state index contributed by atoms with van der Waals surface area (Å²) in [5.41, 5.74) is 1.02. The van der Waals surface area contributed by atoms with Crippen molar-refractivity contribution in [2.24, 2.45) is 0 Å². The second kappa shape index (κ2) is 7.72. The number of benzene rings is 2. The molecule has 1 aliphatic rings. The number of ether oxygens (including phenoxy) is 1. The Morgan fingerprint density at radius 1 is 1.14 bits per heavy atom. The molecule has 2 atom stereocenters. The van der Waals surface area contributed by atoms with Crippen molar-refractivity contribution in [3.63, 3.8) is 0 Å². The van der Waals surface area contributed by atoms with Crippen LogP contribution >= 0.6 is 0 Å². The molecule has 150 valence electrons. The van der Waals surface area contributed by atoms with Crippen LogP contribution in [0.3, 0.4) is 0 Å². The number of hydrogen-bond donors (Lipinski definition) is 1. The molecule has 3 aromatic rings. The first kappa shape index (κ1) is 19.2. The molecule has 0 aliphatic carbocycles. The van der Waals surface area contributed by atoms with Crippen LogP contribution in [-0.4, -0.2) is 50.5 Å². The van der Waals surface area contributed by atoms with Crippen molar-refractivity contribution in [1.29, 1.82) is 0 Å². The number of amides is 1. The van der Waals surface area contributed by atoms with Crippen LogP contribution in [0.2, 0.25) is 0 Å². The summed E-state index contributed by atoms with van der Waals surface area (Å²) < 4.78 is 7.74. The number of rotatable bonds is 4. The Kier molecular flexibility index (Phi) is 5.11. The van der Waals surface area contributed by atoms with Crippen LogP contribution in [0.25, 0.3) is 5.69 Å². The normalized spacial score (nSPS) is 21.8. The van der Waals surface area contributed by atoms with Crippen LogP contribution < -0.4 is 4.74 Å². The van der Waals surface area contributed by atoms with Gasteiger partial charge in [-0.05, 0) is 44.2 Å². The Bertz CT molecular complexity index is 983. The summed E-state index contributed by atoms with van der Waals surface area (Å²) >= 11 is 0. The highest BCUT2D eigenvalue weighted by molar-refractivity contribution is 5.92. The number of hydrogen-bond acceptors (Lipinski definition) is 4. The van der Waals surface area contributed by atoms with Crippen LogP contribution in [0, 0.1) is 6.92 Å². The van der Waals surface area contributed by atoms with Crippen molar-refractivity contribution in [3.8, 4) is 11.4 Å². The van der Waals surface area contributed by atoms with Gasteiger partial charge in [0.1, 0.15) is 17.5 Å². The van der Waals surface area contributed by atoms with Crippen LogP contribution in [0.4, 0.5) is 0 Å². The van der Waals surface area contributed by atoms with Gasteiger partial charge in [0, 0.05) is 18.7 Å². The zero-order valence-electron chi connectivity index (χ0n) is 16.7. The van der Waals surface area contributed by atoms with Crippen LogP contribution in [-0.2, 0) is 0 Å². The lowest BCUT2D eigenvalue weighted by Gasteiger charge is -2.42. The Balaban J connectivity index is 1.48. The monoisotopic (exact) mass is 391 g/mol. The molecular weight excluding hydrogens is 366 g/mol. The molecule has 0 unspecified atom stereocenters. The van der Waals surface area contributed by atoms with Gasteiger partial charge in [-0.25, -0.2) is 4.68 Å². The predicted octanol–water partition coefficient (Wildman–Crippen LogP) is 3.23. The number of aromatic nitrogens is 2. The van der Waals surface area contributed by atoms with Gasteiger partial charge in [0.25, 0.3) is 5.91 Å². The molecule has 6 heteroatoms. The van der Waals surface area contributed by atoms with E-state index in [0.29, 0.717) is 18.7 Å². The summed E-state index contributed by atoms with van der Waals surface area (Å²) in [5.74, 6) is 0.538. The Hall–Kier alpha value is -3.12. The molecule has 1 aromatic heterocycles. The lowest BCUT2D eigenvalue weighted by molar-refractivity contribution is -0.0900. The minimum atomic E-state index is -1.15. The number of para-hydroxylation sites is 2. The third kappa shape index (κ3) is 4.03. The first-order valence-electron chi connectivity index (χ1n) is 9.79. The zero-order valence-corrected chi connectivity index (χ0v) is 16.7. The van der Waals surface area contributed by atoms with Crippen LogP contribution in [0.1, 0.15) is 29.5 Å². The van der Waals surface area contributed by atoms with Crippen molar-refractivity contribution in [3.05, 3.63) is 78.1 Å². The topological polar surface area (TPSA) is 67.6 Å². The van der Waals surface area contributed by atoms with E-state index in [9.17, 15) is 9.90 Å². The van der Waals surface area contributed by atoms with Crippen molar-refractivity contribution in [1.82, 2.24) is 14.7 Å². The lowest BCUT2D eigenvalue weighted by Crippen LogP contribution is -2.58. The molecule has 29 heavy (non-hydrogen) atoms. The van der Waals surface area contributed by atoms with E-state index >= 15 is 0 Å². The molecule has 6 nitrogen and oxygen atoms in total. The fourth-order valence-electron chi connectivity index (χ4n) is 3.75. The number of aryl methyl sites for hydroxylation is 1. The molecule has 0 saturated carbocycles. The highest BCUT2D eigenvalue weighted by Gasteiger charge is 2.41. The molecule has 1 fully saturated rings. The average Bonchev–Trinajstić information content (AvgIpc) is 3.12. The lowest BCUT2D eigenvalue weighted by atomic mass is 9.91. The number of nitrogens with zero attached hydrogens (tertiary/aromatic N) is 3. The van der Waals surface area contributed by atoms with Gasteiger partial charge in [0.05, 0.1) is 12.2 Å². The predicted molar refractivity (Wildman–Crippen MR) is 110 cm³/mol. The SMILES string of the molecule is Cc1cc(C(=O)N2CC[C@H](Oc3ccccc3)[C@@](C)(O)C2)nn1-c1ccccc1. The van der Waals surface area contributed by atoms with Gasteiger partial charge in [-0.15, -0.1) is 0 Å². The second-order valence-corrected chi connectivity index (χ2v) is 7.71. The van der Waals surface area contributed by atoms with Gasteiger partial charge in [0.2, 0.25) is 0 Å². The van der Waals surface area contributed by atoms with E-state index in [0.717, 1.165) is 17.1 Å². The molecule has 1 saturated heterocycles. The Morgan fingerprint density at radius 2 is 1.79 bits per heavy atom. The van der Waals surface area contributed by atoms with Crippen molar-refractivity contribution >= 4 is 5.91 Å². The van der Waals surface area contributed by atoms with E-state index in [4.69, 9.17) is 4.74 Å². The molecule has 0 spiro atoms. The molecule has 0 radical (unpaired) electrons. The minimum Gasteiger partial charge on any atom is -0.487 e. The summed E-state index contributed by atoms with van der Waals surface area (Å²) in [7, 11) is 0. The summed E-state index contributed by atoms with van der Waals surface area (Å²) in [6.45, 7) is 4.34. The van der Waals surface area contributed by atoms with Crippen molar-refractivity contribution < 1.29 is 14.6 Å². The molecule has 2 aromatic carbocycles. The maximum Gasteiger partial charge on any atom is 0.274 e. The number of β-amino-alcohol motifs (C(OH)–C–C–N with tert-alkyl or cyclic N) is 1. The van der Waals surface area contributed by atoms with Gasteiger partial charge < -0.3 is 14.7 Å². The highest BCUT2D eigenvalue weighted by atomic mass is 16.5. The standard InChI is InChI=1S/C23H25N3O3/c1-17-15-20(24-26(17)18-9-5-3-6-10-18)22(27)25-14-13-21(23(2,28)16-25)29-19-11-7-4-8-12-19/h3-12,15,21,28H,13-14,16H2,1-2H3/t21-,23-/m0/s1. The summed E-state index contributed by atoms with van der Waals surface area (Å²) in [6, 6.07) is 21.0. The van der Waals surface area contributed by atoms with Crippen LogP contribution in [0.15, 0.2) is 66.7 Å². The molecule has 1 amide bonds. The summed E-state index contributed by atoms with van der Waals surface area (Å²) in [6.07, 6.45) is 0.170. The fraction of sp³-hybridized carbons (Fsp3) is 0.304. The van der Waals surface area contributed by atoms with E-state index in [2.05, 4.69) is 5.10 Å². The number of aliphatic hydroxyl groups is 1. The molecule has 1 N–H and O–H groups in total. The number of carbonyl (C=O) groups is 1. The van der Waals surface area contributed by atoms with E-state index in [1.807, 2.05) is 67.6 Å². The second-order valence-electron chi connectivity index (χ2n) is 7.71. The molecular formula is C23H25N3O3. The molecule has 1 aliphatic heterocycles. The first-order chi connectivity index (χ1) is 13.9. The summed E-state index contributed by atoms with van der Waals surface area (Å²) in [5, 5.41) is 15.5. The summed E-state index contributed by atoms with van der Waals surface area (Å²) in [4.78, 5) is 14.7. The van der Waals surface area contributed by atoms with E-state index < -0.39 is 5.60 Å². The number of likely N-dealkylation sites (tertiary alicyclic amines) is 1. The van der Waals surface area contributed by atoms with Gasteiger partial charge >= 0.3 is 0 Å². The maximum atomic E-state index is 13.0. The average molecular weight is 391 g/mol. The highest BCUT2D eigenvalue weighted by Crippen LogP contribution is 2.27. The van der Waals surface area contributed by atoms with Gasteiger partial charge in [-0.2, -0.15) is 5.10 Å². The molecule has 2 heterocycles. The smallest absolute Gasteiger partial charge is 0.274 e. The van der Waals surface area contributed by atoms with Crippen molar-refractivity contribution in [2.45, 2.75) is 32.0 Å². The minimum absolute atomic E-state index is 0.179. The van der Waals surface area contributed by atoms with Crippen molar-refractivity contribution in [2.75, 3.05) is 13.1 Å². The van der Waals surface area contributed by atoms with Gasteiger partial charge in [-0.1, -0.05) is 36.4 Å². The van der Waals surface area contributed by atoms with E-state index in [1.165, 1.54) is 0 Å². The number of carbonyl (C=O) groups excluding carboxylic acids is 1. The van der Waals surface area contributed by atoms with E-state index in [1.54, 1.807) is 22.6 Å². The first-order valence-corrected chi connectivity index (χ1v) is 9.79. The van der Waals surface area contributed by atoms with Gasteiger partial charge in [0.15, 0.2) is 5.69 Å². The number of piperidine rings is 1. The quantitative estimate of drug-likeness (QED) is 0.742. The van der Waals surface area contributed by atoms with E-state index in [-0.39, 0.29) is 18.6 Å². The fourth-order valence-corrected chi connectivity index (χ4v) is 3.75. The Labute approximate surface area is 170 Å². The maximum absolute atomic E-state index is 13.0. The third-order valence-corrected chi connectivity index (χ3v) is 5.28.